The number of halogens is 1. The van der Waals surface area contributed by atoms with Crippen molar-refractivity contribution in [2.45, 2.75) is 12.6 Å². The Balaban J connectivity index is 1.70. The third kappa shape index (κ3) is 3.05. The summed E-state index contributed by atoms with van der Waals surface area (Å²) in [5.41, 5.74) is 1.04. The lowest BCUT2D eigenvalue weighted by molar-refractivity contribution is 0.154. The van der Waals surface area contributed by atoms with E-state index in [1.54, 1.807) is 18.3 Å². The number of hydrogen-bond donors (Lipinski definition) is 1. The Kier molecular flexibility index (Phi) is 4.08. The molecule has 20 heavy (non-hydrogen) atoms. The van der Waals surface area contributed by atoms with Gasteiger partial charge in [-0.2, -0.15) is 5.10 Å². The fourth-order valence-electron chi connectivity index (χ4n) is 2.72. The van der Waals surface area contributed by atoms with Crippen LogP contribution in [0, 0.1) is 5.82 Å². The lowest BCUT2D eigenvalue weighted by atomic mass is 10.0. The van der Waals surface area contributed by atoms with Gasteiger partial charge in [0.05, 0.1) is 6.54 Å². The second-order valence-corrected chi connectivity index (χ2v) is 5.08. The number of rotatable bonds is 4. The second kappa shape index (κ2) is 6.15. The van der Waals surface area contributed by atoms with Crippen molar-refractivity contribution in [3.05, 3.63) is 54.1 Å². The molecule has 1 fully saturated rings. The van der Waals surface area contributed by atoms with E-state index in [0.29, 0.717) is 0 Å². The minimum atomic E-state index is -0.167. The summed E-state index contributed by atoms with van der Waals surface area (Å²) < 4.78 is 15.3. The van der Waals surface area contributed by atoms with Gasteiger partial charge in [-0.25, -0.2) is 4.39 Å². The lowest BCUT2D eigenvalue weighted by Gasteiger charge is -2.36. The molecule has 1 aliphatic rings. The second-order valence-electron chi connectivity index (χ2n) is 5.08. The summed E-state index contributed by atoms with van der Waals surface area (Å²) in [7, 11) is 0. The van der Waals surface area contributed by atoms with Gasteiger partial charge >= 0.3 is 0 Å². The number of nitrogens with one attached hydrogen (secondary N) is 1. The van der Waals surface area contributed by atoms with Crippen LogP contribution in [0.5, 0.6) is 0 Å². The Hall–Kier alpha value is -1.72. The van der Waals surface area contributed by atoms with Gasteiger partial charge in [0.2, 0.25) is 0 Å². The zero-order valence-electron chi connectivity index (χ0n) is 11.4. The van der Waals surface area contributed by atoms with Crippen LogP contribution in [-0.4, -0.2) is 40.9 Å². The van der Waals surface area contributed by atoms with Crippen LogP contribution in [0.15, 0.2) is 42.7 Å². The average Bonchev–Trinajstić information content (AvgIpc) is 2.99. The van der Waals surface area contributed by atoms with E-state index in [4.69, 9.17) is 0 Å². The fourth-order valence-corrected chi connectivity index (χ4v) is 2.72. The first-order valence-electron chi connectivity index (χ1n) is 7.00. The number of aromatic nitrogens is 2. The minimum absolute atomic E-state index is 0.167. The van der Waals surface area contributed by atoms with Crippen molar-refractivity contribution < 1.29 is 4.39 Å². The van der Waals surface area contributed by atoms with Gasteiger partial charge in [0.15, 0.2) is 0 Å². The smallest absolute Gasteiger partial charge is 0.123 e. The Morgan fingerprint density at radius 2 is 2.25 bits per heavy atom. The van der Waals surface area contributed by atoms with Crippen LogP contribution < -0.4 is 5.32 Å². The van der Waals surface area contributed by atoms with Gasteiger partial charge in [-0.15, -0.1) is 0 Å². The van der Waals surface area contributed by atoms with Crippen LogP contribution in [0.3, 0.4) is 0 Å². The monoisotopic (exact) mass is 274 g/mol. The van der Waals surface area contributed by atoms with Crippen molar-refractivity contribution in [2.75, 3.05) is 26.2 Å². The van der Waals surface area contributed by atoms with Crippen LogP contribution in [-0.2, 0) is 6.54 Å². The molecule has 1 aliphatic heterocycles. The highest BCUT2D eigenvalue weighted by Gasteiger charge is 2.23. The first-order chi connectivity index (χ1) is 9.83. The summed E-state index contributed by atoms with van der Waals surface area (Å²) in [6.07, 6.45) is 3.77. The maximum atomic E-state index is 13.4. The largest absolute Gasteiger partial charge is 0.314 e. The molecule has 0 aliphatic carbocycles. The van der Waals surface area contributed by atoms with Crippen molar-refractivity contribution in [3.8, 4) is 0 Å². The summed E-state index contributed by atoms with van der Waals surface area (Å²) in [4.78, 5) is 2.40. The summed E-state index contributed by atoms with van der Waals surface area (Å²) in [6.45, 7) is 4.60. The van der Waals surface area contributed by atoms with E-state index in [2.05, 4.69) is 15.3 Å². The molecule has 4 nitrogen and oxygen atoms in total. The Morgan fingerprint density at radius 1 is 1.30 bits per heavy atom. The first-order valence-corrected chi connectivity index (χ1v) is 7.00. The average molecular weight is 274 g/mol. The van der Waals surface area contributed by atoms with E-state index in [1.165, 1.54) is 6.07 Å². The van der Waals surface area contributed by atoms with Gasteiger partial charge in [0.25, 0.3) is 0 Å². The van der Waals surface area contributed by atoms with Crippen LogP contribution in [0.1, 0.15) is 11.6 Å². The standard InChI is InChI=1S/C15H19FN4/c16-14-4-1-3-13(11-14)15-12-17-6-8-19(15)9-10-20-7-2-5-18-20/h1-5,7,11,15,17H,6,8-10,12H2. The van der Waals surface area contributed by atoms with E-state index >= 15 is 0 Å². The molecule has 3 rings (SSSR count). The fraction of sp³-hybridized carbons (Fsp3) is 0.400. The predicted octanol–water partition coefficient (Wildman–Crippen LogP) is 1.67. The van der Waals surface area contributed by atoms with Crippen molar-refractivity contribution in [2.24, 2.45) is 0 Å². The Bertz CT molecular complexity index is 541. The van der Waals surface area contributed by atoms with E-state index in [0.717, 1.165) is 38.3 Å². The highest BCUT2D eigenvalue weighted by atomic mass is 19.1. The van der Waals surface area contributed by atoms with Crippen LogP contribution >= 0.6 is 0 Å². The summed E-state index contributed by atoms with van der Waals surface area (Å²) in [5.74, 6) is -0.167. The van der Waals surface area contributed by atoms with Gasteiger partial charge in [-0.1, -0.05) is 12.1 Å². The van der Waals surface area contributed by atoms with Crippen molar-refractivity contribution in [1.29, 1.82) is 0 Å². The molecule has 106 valence electrons. The molecule has 0 radical (unpaired) electrons. The van der Waals surface area contributed by atoms with E-state index in [-0.39, 0.29) is 11.9 Å². The highest BCUT2D eigenvalue weighted by Crippen LogP contribution is 2.22. The molecule has 2 aromatic rings. The maximum absolute atomic E-state index is 13.4. The zero-order valence-corrected chi connectivity index (χ0v) is 11.4. The Labute approximate surface area is 118 Å². The lowest BCUT2D eigenvalue weighted by Crippen LogP contribution is -2.47. The van der Waals surface area contributed by atoms with Crippen LogP contribution in [0.25, 0.3) is 0 Å². The van der Waals surface area contributed by atoms with E-state index in [1.807, 2.05) is 23.0 Å². The number of nitrogens with zero attached hydrogens (tertiary/aromatic N) is 3. The molecule has 1 unspecified atom stereocenters. The molecule has 1 N–H and O–H groups in total. The van der Waals surface area contributed by atoms with E-state index < -0.39 is 0 Å². The molecule has 1 aromatic carbocycles. The molecule has 1 saturated heterocycles. The summed E-state index contributed by atoms with van der Waals surface area (Å²) in [6, 6.07) is 9.08. The molecule has 0 saturated carbocycles. The van der Waals surface area contributed by atoms with Gasteiger partial charge in [-0.3, -0.25) is 9.58 Å². The Morgan fingerprint density at radius 3 is 3.05 bits per heavy atom. The highest BCUT2D eigenvalue weighted by molar-refractivity contribution is 5.21. The molecule has 0 spiro atoms. The van der Waals surface area contributed by atoms with Gasteiger partial charge in [0.1, 0.15) is 5.82 Å². The van der Waals surface area contributed by atoms with Gasteiger partial charge < -0.3 is 5.32 Å². The van der Waals surface area contributed by atoms with Gasteiger partial charge in [0, 0.05) is 44.6 Å². The van der Waals surface area contributed by atoms with Gasteiger partial charge in [-0.05, 0) is 23.8 Å². The van der Waals surface area contributed by atoms with Crippen molar-refractivity contribution >= 4 is 0 Å². The number of hydrogen-bond acceptors (Lipinski definition) is 3. The maximum Gasteiger partial charge on any atom is 0.123 e. The van der Waals surface area contributed by atoms with E-state index in [9.17, 15) is 4.39 Å². The van der Waals surface area contributed by atoms with Crippen LogP contribution in [0.2, 0.25) is 0 Å². The molecular weight excluding hydrogens is 255 g/mol. The zero-order chi connectivity index (χ0) is 13.8. The van der Waals surface area contributed by atoms with Crippen LogP contribution in [0.4, 0.5) is 4.39 Å². The minimum Gasteiger partial charge on any atom is -0.314 e. The molecular formula is C15H19FN4. The normalized spacial score (nSPS) is 20.1. The van der Waals surface area contributed by atoms with Crippen molar-refractivity contribution in [3.63, 3.8) is 0 Å². The molecule has 0 bridgehead atoms. The third-order valence-electron chi connectivity index (χ3n) is 3.76. The molecule has 1 aromatic heterocycles. The molecule has 5 heteroatoms. The SMILES string of the molecule is Fc1cccc(C2CNCCN2CCn2cccn2)c1. The van der Waals surface area contributed by atoms with Crippen molar-refractivity contribution in [1.82, 2.24) is 20.0 Å². The summed E-state index contributed by atoms with van der Waals surface area (Å²) in [5, 5.41) is 7.62. The number of benzene rings is 1. The molecule has 0 amide bonds. The topological polar surface area (TPSA) is 33.1 Å². The first kappa shape index (κ1) is 13.3. The number of piperazine rings is 1. The predicted molar refractivity (Wildman–Crippen MR) is 75.8 cm³/mol. The summed E-state index contributed by atoms with van der Waals surface area (Å²) >= 11 is 0. The quantitative estimate of drug-likeness (QED) is 0.920. The molecule has 2 heterocycles. The molecule has 1 atom stereocenters. The third-order valence-corrected chi connectivity index (χ3v) is 3.76.